The fourth-order valence-electron chi connectivity index (χ4n) is 2.69. The molecule has 0 fully saturated rings. The Hall–Kier alpha value is -3.08. The third-order valence-electron chi connectivity index (χ3n) is 3.72. The lowest BCUT2D eigenvalue weighted by molar-refractivity contribution is 0.791. The first kappa shape index (κ1) is 12.6. The number of nitrogens with one attached hydrogen (secondary N) is 2. The van der Waals surface area contributed by atoms with E-state index in [2.05, 4.69) is 15.1 Å². The fraction of sp³-hybridized carbons (Fsp3) is 0.0588. The van der Waals surface area contributed by atoms with E-state index in [1.165, 1.54) is 4.68 Å². The van der Waals surface area contributed by atoms with Gasteiger partial charge in [0.05, 0.1) is 16.6 Å². The number of benzene rings is 2. The Kier molecular flexibility index (Phi) is 2.72. The van der Waals surface area contributed by atoms with Gasteiger partial charge in [-0.25, -0.2) is 4.98 Å². The second kappa shape index (κ2) is 4.73. The molecule has 0 aliphatic carbocycles. The highest BCUT2D eigenvalue weighted by atomic mass is 16.1. The molecule has 22 heavy (non-hydrogen) atoms. The topological polar surface area (TPSA) is 66.5 Å². The number of rotatable bonds is 2. The molecular formula is C17H14N4O. The average molecular weight is 290 g/mol. The van der Waals surface area contributed by atoms with Crippen LogP contribution in [0.2, 0.25) is 0 Å². The summed E-state index contributed by atoms with van der Waals surface area (Å²) in [7, 11) is 0. The maximum atomic E-state index is 12.7. The van der Waals surface area contributed by atoms with Gasteiger partial charge in [-0.1, -0.05) is 42.5 Å². The van der Waals surface area contributed by atoms with Crippen molar-refractivity contribution < 1.29 is 0 Å². The Morgan fingerprint density at radius 3 is 2.50 bits per heavy atom. The van der Waals surface area contributed by atoms with Crippen LogP contribution in [0.5, 0.6) is 0 Å². The van der Waals surface area contributed by atoms with Gasteiger partial charge in [0.2, 0.25) is 5.95 Å². The van der Waals surface area contributed by atoms with Crippen LogP contribution >= 0.6 is 0 Å². The van der Waals surface area contributed by atoms with Gasteiger partial charge in [0.25, 0.3) is 5.56 Å². The van der Waals surface area contributed by atoms with E-state index in [4.69, 9.17) is 0 Å². The van der Waals surface area contributed by atoms with Gasteiger partial charge in [0, 0.05) is 5.69 Å². The first-order valence-electron chi connectivity index (χ1n) is 7.06. The van der Waals surface area contributed by atoms with Crippen LogP contribution in [-0.2, 0) is 0 Å². The molecule has 0 spiro atoms. The molecule has 2 aromatic heterocycles. The molecule has 2 aromatic carbocycles. The number of H-pyrrole nitrogens is 2. The van der Waals surface area contributed by atoms with Gasteiger partial charge in [-0.15, -0.1) is 0 Å². The van der Waals surface area contributed by atoms with Crippen LogP contribution in [0.15, 0.2) is 59.4 Å². The molecule has 0 saturated carbocycles. The van der Waals surface area contributed by atoms with Crippen LogP contribution in [0.4, 0.5) is 0 Å². The summed E-state index contributed by atoms with van der Waals surface area (Å²) in [5.41, 5.74) is 4.01. The second-order valence-corrected chi connectivity index (χ2v) is 5.20. The van der Waals surface area contributed by atoms with Crippen molar-refractivity contribution >= 4 is 11.0 Å². The predicted octanol–water partition coefficient (Wildman–Crippen LogP) is 3.02. The number of aromatic amines is 2. The van der Waals surface area contributed by atoms with Crippen molar-refractivity contribution in [2.24, 2.45) is 0 Å². The molecule has 5 nitrogen and oxygen atoms in total. The van der Waals surface area contributed by atoms with Crippen molar-refractivity contribution in [3.05, 3.63) is 70.6 Å². The molecule has 0 atom stereocenters. The van der Waals surface area contributed by atoms with Crippen molar-refractivity contribution in [2.75, 3.05) is 0 Å². The van der Waals surface area contributed by atoms with E-state index in [1.54, 1.807) is 0 Å². The summed E-state index contributed by atoms with van der Waals surface area (Å²) < 4.78 is 1.46. The number of nitrogens with zero attached hydrogens (tertiary/aromatic N) is 2. The van der Waals surface area contributed by atoms with Gasteiger partial charge in [-0.05, 0) is 24.6 Å². The number of hydrogen-bond acceptors (Lipinski definition) is 2. The highest BCUT2D eigenvalue weighted by Gasteiger charge is 2.16. The quantitative estimate of drug-likeness (QED) is 0.596. The van der Waals surface area contributed by atoms with Crippen LogP contribution in [-0.4, -0.2) is 19.7 Å². The summed E-state index contributed by atoms with van der Waals surface area (Å²) in [6.45, 7) is 1.89. The van der Waals surface area contributed by atoms with E-state index < -0.39 is 0 Å². The number of fused-ring (bicyclic) bond motifs is 1. The molecule has 0 aliphatic heterocycles. The Labute approximate surface area is 126 Å². The van der Waals surface area contributed by atoms with E-state index in [9.17, 15) is 4.79 Å². The smallest absolute Gasteiger partial charge is 0.281 e. The summed E-state index contributed by atoms with van der Waals surface area (Å²) in [5, 5.41) is 3.10. The number of aryl methyl sites for hydroxylation is 1. The third-order valence-corrected chi connectivity index (χ3v) is 3.72. The van der Waals surface area contributed by atoms with E-state index in [-0.39, 0.29) is 5.56 Å². The second-order valence-electron chi connectivity index (χ2n) is 5.20. The van der Waals surface area contributed by atoms with E-state index >= 15 is 0 Å². The Balaban J connectivity index is 1.92. The van der Waals surface area contributed by atoms with Gasteiger partial charge in [-0.3, -0.25) is 9.89 Å². The molecule has 4 rings (SSSR count). The number of imidazole rings is 1. The van der Waals surface area contributed by atoms with Gasteiger partial charge in [-0.2, -0.15) is 4.68 Å². The summed E-state index contributed by atoms with van der Waals surface area (Å²) in [6, 6.07) is 17.3. The van der Waals surface area contributed by atoms with Gasteiger partial charge in [0.1, 0.15) is 0 Å². The first-order valence-corrected chi connectivity index (χ1v) is 7.06. The maximum absolute atomic E-state index is 12.7. The van der Waals surface area contributed by atoms with Crippen molar-refractivity contribution in [1.82, 2.24) is 19.7 Å². The molecule has 0 aliphatic rings. The average Bonchev–Trinajstić information content (AvgIpc) is 3.09. The van der Waals surface area contributed by atoms with E-state index in [0.29, 0.717) is 11.5 Å². The SMILES string of the molecule is Cc1[nH]n(-c2nc3ccccc3[nH]2)c(=O)c1-c1ccccc1. The van der Waals surface area contributed by atoms with Crippen molar-refractivity contribution in [3.8, 4) is 17.1 Å². The summed E-state index contributed by atoms with van der Waals surface area (Å²) in [5.74, 6) is 0.497. The van der Waals surface area contributed by atoms with Gasteiger partial charge >= 0.3 is 0 Å². The van der Waals surface area contributed by atoms with E-state index in [1.807, 2.05) is 61.5 Å². The largest absolute Gasteiger partial charge is 0.322 e. The number of aromatic nitrogens is 4. The van der Waals surface area contributed by atoms with Gasteiger partial charge < -0.3 is 4.98 Å². The van der Waals surface area contributed by atoms with Crippen LogP contribution in [0.3, 0.4) is 0 Å². The van der Waals surface area contributed by atoms with Gasteiger partial charge in [0.15, 0.2) is 0 Å². The monoisotopic (exact) mass is 290 g/mol. The third kappa shape index (κ3) is 1.87. The molecule has 0 unspecified atom stereocenters. The zero-order valence-corrected chi connectivity index (χ0v) is 12.0. The lowest BCUT2D eigenvalue weighted by Crippen LogP contribution is -2.16. The molecule has 0 saturated heterocycles. The van der Waals surface area contributed by atoms with Crippen LogP contribution in [0, 0.1) is 6.92 Å². The Morgan fingerprint density at radius 1 is 1.00 bits per heavy atom. The molecular weight excluding hydrogens is 276 g/mol. The summed E-state index contributed by atoms with van der Waals surface area (Å²) in [6.07, 6.45) is 0. The first-order chi connectivity index (χ1) is 10.7. The maximum Gasteiger partial charge on any atom is 0.281 e. The Morgan fingerprint density at radius 2 is 1.73 bits per heavy atom. The van der Waals surface area contributed by atoms with Crippen LogP contribution < -0.4 is 5.56 Å². The lowest BCUT2D eigenvalue weighted by atomic mass is 10.1. The van der Waals surface area contributed by atoms with Crippen molar-refractivity contribution in [1.29, 1.82) is 0 Å². The minimum Gasteiger partial charge on any atom is -0.322 e. The molecule has 0 bridgehead atoms. The molecule has 4 aromatic rings. The minimum atomic E-state index is -0.109. The van der Waals surface area contributed by atoms with E-state index in [0.717, 1.165) is 22.3 Å². The molecule has 108 valence electrons. The molecule has 2 N–H and O–H groups in total. The Bertz CT molecular complexity index is 975. The fourth-order valence-corrected chi connectivity index (χ4v) is 2.69. The zero-order chi connectivity index (χ0) is 15.1. The normalized spacial score (nSPS) is 11.1. The highest BCUT2D eigenvalue weighted by Crippen LogP contribution is 2.19. The van der Waals surface area contributed by atoms with Crippen LogP contribution in [0.25, 0.3) is 28.1 Å². The summed E-state index contributed by atoms with van der Waals surface area (Å²) >= 11 is 0. The zero-order valence-electron chi connectivity index (χ0n) is 12.0. The minimum absolute atomic E-state index is 0.109. The van der Waals surface area contributed by atoms with Crippen molar-refractivity contribution in [3.63, 3.8) is 0 Å². The van der Waals surface area contributed by atoms with Crippen molar-refractivity contribution in [2.45, 2.75) is 6.92 Å². The molecule has 5 heteroatoms. The molecule has 2 heterocycles. The van der Waals surface area contributed by atoms with Crippen LogP contribution in [0.1, 0.15) is 5.69 Å². The molecule has 0 amide bonds. The number of para-hydroxylation sites is 2. The predicted molar refractivity (Wildman–Crippen MR) is 86.2 cm³/mol. The molecule has 0 radical (unpaired) electrons. The number of hydrogen-bond donors (Lipinski definition) is 2. The summed E-state index contributed by atoms with van der Waals surface area (Å²) in [4.78, 5) is 20.4. The standard InChI is InChI=1S/C17H14N4O/c1-11-15(12-7-3-2-4-8-12)16(22)21(20-11)17-18-13-9-5-6-10-14(13)19-17/h2-10,20H,1H3,(H,18,19). The lowest BCUT2D eigenvalue weighted by Gasteiger charge is -1.96. The highest BCUT2D eigenvalue weighted by molar-refractivity contribution is 5.76.